The summed E-state index contributed by atoms with van der Waals surface area (Å²) in [4.78, 5) is 5.65. The molecule has 6 nitrogen and oxygen atoms in total. The van der Waals surface area contributed by atoms with Crippen molar-refractivity contribution in [3.05, 3.63) is 17.1 Å². The van der Waals surface area contributed by atoms with Crippen molar-refractivity contribution >= 4 is 11.4 Å². The molecule has 1 aromatic rings. The number of rotatable bonds is 5. The zero-order chi connectivity index (χ0) is 16.9. The maximum atomic E-state index is 9.37. The van der Waals surface area contributed by atoms with Crippen LogP contribution in [0.1, 0.15) is 39.5 Å². The second-order valence-electron chi connectivity index (χ2n) is 6.68. The molecule has 2 aliphatic rings. The zero-order valence-electron chi connectivity index (χ0n) is 16.4. The van der Waals surface area contributed by atoms with E-state index in [1.54, 1.807) is 6.07 Å². The number of ether oxygens (including phenoxy) is 3. The van der Waals surface area contributed by atoms with Gasteiger partial charge in [-0.15, -0.1) is 0 Å². The van der Waals surface area contributed by atoms with Gasteiger partial charge in [-0.1, -0.05) is 0 Å². The Kier molecular flexibility index (Phi) is 15.3. The van der Waals surface area contributed by atoms with Crippen LogP contribution in [0.2, 0.25) is 0 Å². The summed E-state index contributed by atoms with van der Waals surface area (Å²) in [6.07, 6.45) is 4.83. The van der Waals surface area contributed by atoms with Gasteiger partial charge in [-0.3, -0.25) is 0 Å². The van der Waals surface area contributed by atoms with E-state index in [1.165, 1.54) is 12.8 Å². The molecule has 0 aromatic heterocycles. The Hall–Kier alpha value is -0.507. The van der Waals surface area contributed by atoms with Crippen LogP contribution in [0.5, 0.6) is 11.5 Å². The van der Waals surface area contributed by atoms with Gasteiger partial charge in [0.1, 0.15) is 0 Å². The summed E-state index contributed by atoms with van der Waals surface area (Å²) in [5, 5.41) is 9.37. The van der Waals surface area contributed by atoms with Gasteiger partial charge in [0.15, 0.2) is 10.7 Å². The van der Waals surface area contributed by atoms with Crippen LogP contribution in [-0.2, 0) is 24.2 Å². The molecule has 0 spiro atoms. The number of halogens is 3. The van der Waals surface area contributed by atoms with Crippen LogP contribution in [0.3, 0.4) is 0 Å². The van der Waals surface area contributed by atoms with Gasteiger partial charge in [0.25, 0.3) is 0 Å². The third-order valence-electron chi connectivity index (χ3n) is 4.46. The number of benzene rings is 1. The average Bonchev–Trinajstić information content (AvgIpc) is 3.09. The standard InChI is InChI=1S/C18H26N3O3.3ClH.Zn/c1-13(2)23-17-12-16(21-7-9-22-10-8-21)18(11-15(17)20-19)24-14-5-3-4-6-14;;;;/h11-14H,3-10H2,1-2H3;3*1H;/q+1;;;;+2/p-3. The van der Waals surface area contributed by atoms with Gasteiger partial charge in [0, 0.05) is 19.2 Å². The summed E-state index contributed by atoms with van der Waals surface area (Å²) in [5.74, 6) is 1.35. The quantitative estimate of drug-likeness (QED) is 0.298. The normalized spacial score (nSPS) is 16.0. The molecule has 1 saturated heterocycles. The molecule has 0 amide bonds. The number of morpholine rings is 1. The van der Waals surface area contributed by atoms with Crippen molar-refractivity contribution in [3.63, 3.8) is 0 Å². The van der Waals surface area contributed by atoms with E-state index in [-0.39, 0.29) is 68.9 Å². The van der Waals surface area contributed by atoms with E-state index in [4.69, 9.17) is 14.2 Å². The van der Waals surface area contributed by atoms with Crippen molar-refractivity contribution in [1.82, 2.24) is 0 Å². The largest absolute Gasteiger partial charge is 2.00 e. The van der Waals surface area contributed by atoms with Gasteiger partial charge in [0.05, 0.1) is 37.2 Å². The molecule has 0 bridgehead atoms. The first-order valence-corrected chi connectivity index (χ1v) is 8.86. The molecule has 0 atom stereocenters. The molecule has 1 aliphatic carbocycles. The fourth-order valence-electron chi connectivity index (χ4n) is 3.30. The second kappa shape index (κ2) is 14.5. The molecule has 0 radical (unpaired) electrons. The molecule has 2 fully saturated rings. The number of diazo groups is 1. The van der Waals surface area contributed by atoms with Crippen LogP contribution >= 0.6 is 0 Å². The first kappa shape index (κ1) is 29.7. The van der Waals surface area contributed by atoms with Crippen molar-refractivity contribution in [1.29, 1.82) is 5.39 Å². The SMILES string of the molecule is CC(C)Oc1cc(N2CCOCC2)c(OC2CCCC2)cc1[N+]#N.[Cl-].[Cl-].[Cl-].[Zn+2]. The number of hydrogen-bond donors (Lipinski definition) is 0. The smallest absolute Gasteiger partial charge is 1.00 e. The van der Waals surface area contributed by atoms with Crippen molar-refractivity contribution in [2.75, 3.05) is 31.2 Å². The third kappa shape index (κ3) is 7.73. The molecule has 1 aromatic carbocycles. The summed E-state index contributed by atoms with van der Waals surface area (Å²) in [6.45, 7) is 6.96. The predicted octanol–water partition coefficient (Wildman–Crippen LogP) is -4.87. The van der Waals surface area contributed by atoms with Crippen molar-refractivity contribution in [3.8, 4) is 11.5 Å². The first-order chi connectivity index (χ1) is 11.7. The molecule has 0 unspecified atom stereocenters. The molecule has 0 N–H and O–H groups in total. The van der Waals surface area contributed by atoms with Crippen LogP contribution in [0.25, 0.3) is 4.98 Å². The van der Waals surface area contributed by atoms with Gasteiger partial charge in [-0.25, -0.2) is 0 Å². The minimum atomic E-state index is 0. The Bertz CT molecular complexity index is 620. The van der Waals surface area contributed by atoms with E-state index in [0.29, 0.717) is 24.7 Å². The maximum Gasteiger partial charge on any atom is 2.00 e. The Morgan fingerprint density at radius 3 is 2.21 bits per heavy atom. The van der Waals surface area contributed by atoms with Gasteiger partial charge >= 0.3 is 25.2 Å². The topological polar surface area (TPSA) is 59.1 Å². The molecule has 3 rings (SSSR count). The minimum Gasteiger partial charge on any atom is -1.00 e. The number of nitrogens with zero attached hydrogens (tertiary/aromatic N) is 3. The molecular weight excluding hydrogens is 478 g/mol. The summed E-state index contributed by atoms with van der Waals surface area (Å²) in [7, 11) is 0. The third-order valence-corrected chi connectivity index (χ3v) is 4.46. The van der Waals surface area contributed by atoms with E-state index in [0.717, 1.165) is 37.4 Å². The van der Waals surface area contributed by atoms with Gasteiger partial charge < -0.3 is 56.3 Å². The first-order valence-electron chi connectivity index (χ1n) is 8.86. The molecular formula is C18H26Cl3N3O3Zn. The van der Waals surface area contributed by atoms with Gasteiger partial charge in [-0.05, 0) is 39.5 Å². The van der Waals surface area contributed by atoms with E-state index in [1.807, 2.05) is 19.9 Å². The van der Waals surface area contributed by atoms with Crippen LogP contribution in [0.4, 0.5) is 11.4 Å². The molecule has 1 aliphatic heterocycles. The summed E-state index contributed by atoms with van der Waals surface area (Å²) in [6, 6.07) is 3.73. The van der Waals surface area contributed by atoms with Crippen LogP contribution in [0.15, 0.2) is 12.1 Å². The Labute approximate surface area is 198 Å². The van der Waals surface area contributed by atoms with Crippen molar-refractivity contribution in [2.45, 2.75) is 51.7 Å². The van der Waals surface area contributed by atoms with E-state index in [9.17, 15) is 5.39 Å². The van der Waals surface area contributed by atoms with E-state index >= 15 is 0 Å². The van der Waals surface area contributed by atoms with Crippen molar-refractivity contribution in [2.24, 2.45) is 0 Å². The van der Waals surface area contributed by atoms with Gasteiger partial charge in [-0.2, -0.15) is 0 Å². The molecule has 154 valence electrons. The van der Waals surface area contributed by atoms with E-state index < -0.39 is 0 Å². The fourth-order valence-corrected chi connectivity index (χ4v) is 3.30. The zero-order valence-corrected chi connectivity index (χ0v) is 21.6. The summed E-state index contributed by atoms with van der Waals surface area (Å²) < 4.78 is 17.5. The average molecular weight is 504 g/mol. The maximum absolute atomic E-state index is 9.37. The Morgan fingerprint density at radius 1 is 1.07 bits per heavy atom. The second-order valence-corrected chi connectivity index (χ2v) is 6.68. The van der Waals surface area contributed by atoms with Crippen LogP contribution in [0, 0.1) is 5.39 Å². The van der Waals surface area contributed by atoms with Crippen LogP contribution < -0.4 is 51.6 Å². The Morgan fingerprint density at radius 2 is 1.68 bits per heavy atom. The van der Waals surface area contributed by atoms with Crippen LogP contribution in [-0.4, -0.2) is 38.5 Å². The fraction of sp³-hybridized carbons (Fsp3) is 0.667. The number of anilines is 1. The Balaban J connectivity index is 0. The summed E-state index contributed by atoms with van der Waals surface area (Å²) >= 11 is 0. The molecule has 10 heteroatoms. The predicted molar refractivity (Wildman–Crippen MR) is 92.9 cm³/mol. The summed E-state index contributed by atoms with van der Waals surface area (Å²) in [5.41, 5.74) is 1.40. The molecule has 28 heavy (non-hydrogen) atoms. The van der Waals surface area contributed by atoms with Crippen molar-refractivity contribution < 1.29 is 70.9 Å². The number of hydrogen-bond acceptors (Lipinski definition) is 5. The monoisotopic (exact) mass is 501 g/mol. The molecule has 1 saturated carbocycles. The minimum absolute atomic E-state index is 0. The van der Waals surface area contributed by atoms with E-state index in [2.05, 4.69) is 9.88 Å². The van der Waals surface area contributed by atoms with Gasteiger partial charge in [0.2, 0.25) is 11.1 Å². The molecule has 1 heterocycles.